The van der Waals surface area contributed by atoms with Crippen LogP contribution in [0.2, 0.25) is 0 Å². The average molecular weight is 187 g/mol. The van der Waals surface area contributed by atoms with Crippen LogP contribution >= 0.6 is 0 Å². The lowest BCUT2D eigenvalue weighted by Crippen LogP contribution is -2.35. The van der Waals surface area contributed by atoms with E-state index in [-0.39, 0.29) is 11.8 Å². The number of rotatable bonds is 5. The predicted octanol–water partition coefficient (Wildman–Crippen LogP) is -1.20. The fraction of sp³-hybridized carbons (Fsp3) is 0.750. The van der Waals surface area contributed by atoms with E-state index in [1.807, 2.05) is 14.1 Å². The fourth-order valence-electron chi connectivity index (χ4n) is 0.784. The highest BCUT2D eigenvalue weighted by atomic mass is 16.2. The van der Waals surface area contributed by atoms with Gasteiger partial charge in [0.15, 0.2) is 0 Å². The standard InChI is InChI=1S/C8H17N3O2/c1-9-7(12)4-5-10-8(13)6-11(2)3/h4-6H2,1-3H3,(H,9,12)(H,10,13). The minimum atomic E-state index is -0.0647. The SMILES string of the molecule is CNC(=O)CCNC(=O)CN(C)C. The summed E-state index contributed by atoms with van der Waals surface area (Å²) in [5, 5.41) is 5.12. The third-order valence-electron chi connectivity index (χ3n) is 1.41. The summed E-state index contributed by atoms with van der Waals surface area (Å²) in [5.41, 5.74) is 0. The Labute approximate surface area is 78.5 Å². The molecule has 0 saturated carbocycles. The second kappa shape index (κ2) is 6.42. The van der Waals surface area contributed by atoms with Gasteiger partial charge in [0.1, 0.15) is 0 Å². The third-order valence-corrected chi connectivity index (χ3v) is 1.41. The molecule has 0 rings (SSSR count). The lowest BCUT2D eigenvalue weighted by Gasteiger charge is -2.09. The van der Waals surface area contributed by atoms with E-state index in [2.05, 4.69) is 10.6 Å². The van der Waals surface area contributed by atoms with Crippen LogP contribution in [0.4, 0.5) is 0 Å². The van der Waals surface area contributed by atoms with Crippen LogP contribution in [-0.4, -0.2) is 50.9 Å². The van der Waals surface area contributed by atoms with Crippen LogP contribution in [0.5, 0.6) is 0 Å². The van der Waals surface area contributed by atoms with Crippen LogP contribution in [0, 0.1) is 0 Å². The van der Waals surface area contributed by atoms with Gasteiger partial charge in [-0.1, -0.05) is 0 Å². The number of nitrogens with one attached hydrogen (secondary N) is 2. The molecule has 0 saturated heterocycles. The molecule has 0 heterocycles. The number of amides is 2. The lowest BCUT2D eigenvalue weighted by molar-refractivity contribution is -0.122. The van der Waals surface area contributed by atoms with E-state index in [1.165, 1.54) is 0 Å². The molecule has 2 amide bonds. The number of likely N-dealkylation sites (N-methyl/N-ethyl adjacent to an activating group) is 1. The van der Waals surface area contributed by atoms with E-state index in [1.54, 1.807) is 11.9 Å². The zero-order valence-electron chi connectivity index (χ0n) is 8.39. The summed E-state index contributed by atoms with van der Waals surface area (Å²) in [6.07, 6.45) is 0.329. The normalized spacial score (nSPS) is 9.85. The minimum absolute atomic E-state index is 0.0612. The highest BCUT2D eigenvalue weighted by Crippen LogP contribution is 1.78. The molecule has 0 aromatic carbocycles. The number of nitrogens with zero attached hydrogens (tertiary/aromatic N) is 1. The van der Waals surface area contributed by atoms with E-state index >= 15 is 0 Å². The number of hydrogen-bond donors (Lipinski definition) is 2. The molecule has 0 aromatic rings. The summed E-state index contributed by atoms with van der Waals surface area (Å²) in [7, 11) is 5.21. The van der Waals surface area contributed by atoms with Crippen LogP contribution in [0.3, 0.4) is 0 Å². The summed E-state index contributed by atoms with van der Waals surface area (Å²) < 4.78 is 0. The summed E-state index contributed by atoms with van der Waals surface area (Å²) in [6, 6.07) is 0. The molecular weight excluding hydrogens is 170 g/mol. The van der Waals surface area contributed by atoms with E-state index in [4.69, 9.17) is 0 Å². The molecule has 0 aromatic heterocycles. The molecule has 0 bridgehead atoms. The van der Waals surface area contributed by atoms with E-state index in [9.17, 15) is 9.59 Å². The maximum absolute atomic E-state index is 11.0. The van der Waals surface area contributed by atoms with E-state index in [0.717, 1.165) is 0 Å². The first kappa shape index (κ1) is 11.9. The van der Waals surface area contributed by atoms with Crippen molar-refractivity contribution in [3.8, 4) is 0 Å². The Balaban J connectivity index is 3.42. The van der Waals surface area contributed by atoms with Gasteiger partial charge in [0.05, 0.1) is 6.54 Å². The number of hydrogen-bond acceptors (Lipinski definition) is 3. The van der Waals surface area contributed by atoms with Gasteiger partial charge in [-0.3, -0.25) is 9.59 Å². The first-order chi connectivity index (χ1) is 6.06. The van der Waals surface area contributed by atoms with Crippen molar-refractivity contribution in [2.45, 2.75) is 6.42 Å². The third kappa shape index (κ3) is 7.27. The van der Waals surface area contributed by atoms with Crippen LogP contribution in [0.15, 0.2) is 0 Å². The van der Waals surface area contributed by atoms with E-state index < -0.39 is 0 Å². The van der Waals surface area contributed by atoms with Gasteiger partial charge in [-0.25, -0.2) is 0 Å². The first-order valence-electron chi connectivity index (χ1n) is 4.18. The van der Waals surface area contributed by atoms with Crippen LogP contribution in [0.1, 0.15) is 6.42 Å². The summed E-state index contributed by atoms with van der Waals surface area (Å²) in [6.45, 7) is 0.750. The minimum Gasteiger partial charge on any atom is -0.359 e. The Morgan fingerprint density at radius 3 is 2.31 bits per heavy atom. The van der Waals surface area contributed by atoms with E-state index in [0.29, 0.717) is 19.5 Å². The second-order valence-corrected chi connectivity index (χ2v) is 3.01. The Hall–Kier alpha value is -1.10. The van der Waals surface area contributed by atoms with Gasteiger partial charge >= 0.3 is 0 Å². The summed E-state index contributed by atoms with van der Waals surface area (Å²) in [5.74, 6) is -0.126. The monoisotopic (exact) mass is 187 g/mol. The Bertz CT molecular complexity index is 180. The average Bonchev–Trinajstić information content (AvgIpc) is 2.02. The van der Waals surface area contributed by atoms with Crippen molar-refractivity contribution in [3.63, 3.8) is 0 Å². The fourth-order valence-corrected chi connectivity index (χ4v) is 0.784. The lowest BCUT2D eigenvalue weighted by atomic mass is 10.4. The van der Waals surface area contributed by atoms with Gasteiger partial charge in [-0.15, -0.1) is 0 Å². The van der Waals surface area contributed by atoms with Gasteiger partial charge in [0.2, 0.25) is 11.8 Å². The highest BCUT2D eigenvalue weighted by Gasteiger charge is 2.02. The van der Waals surface area contributed by atoms with Gasteiger partial charge in [-0.2, -0.15) is 0 Å². The maximum Gasteiger partial charge on any atom is 0.234 e. The van der Waals surface area contributed by atoms with Crippen molar-refractivity contribution in [1.29, 1.82) is 0 Å². The quantitative estimate of drug-likeness (QED) is 0.568. The molecule has 0 atom stereocenters. The van der Waals surface area contributed by atoms with Crippen molar-refractivity contribution >= 4 is 11.8 Å². The van der Waals surface area contributed by atoms with Gasteiger partial charge in [0, 0.05) is 20.0 Å². The number of carbonyl (C=O) groups is 2. The predicted molar refractivity (Wildman–Crippen MR) is 50.2 cm³/mol. The van der Waals surface area contributed by atoms with Gasteiger partial charge in [-0.05, 0) is 14.1 Å². The van der Waals surface area contributed by atoms with Crippen molar-refractivity contribution < 1.29 is 9.59 Å². The molecule has 5 heteroatoms. The molecule has 2 N–H and O–H groups in total. The van der Waals surface area contributed by atoms with Gasteiger partial charge in [0.25, 0.3) is 0 Å². The molecule has 0 unspecified atom stereocenters. The highest BCUT2D eigenvalue weighted by molar-refractivity contribution is 5.79. The smallest absolute Gasteiger partial charge is 0.234 e. The molecule has 0 fully saturated rings. The van der Waals surface area contributed by atoms with Crippen molar-refractivity contribution in [2.75, 3.05) is 34.2 Å². The molecule has 0 radical (unpaired) electrons. The zero-order chi connectivity index (χ0) is 10.3. The molecule has 0 aliphatic carbocycles. The number of carbonyl (C=O) groups excluding carboxylic acids is 2. The molecule has 13 heavy (non-hydrogen) atoms. The van der Waals surface area contributed by atoms with Crippen molar-refractivity contribution in [2.24, 2.45) is 0 Å². The molecule has 0 aliphatic heterocycles. The molecule has 5 nitrogen and oxygen atoms in total. The van der Waals surface area contributed by atoms with Crippen molar-refractivity contribution in [1.82, 2.24) is 15.5 Å². The Morgan fingerprint density at radius 2 is 1.85 bits per heavy atom. The molecule has 0 aliphatic rings. The largest absolute Gasteiger partial charge is 0.359 e. The second-order valence-electron chi connectivity index (χ2n) is 3.01. The Morgan fingerprint density at radius 1 is 1.23 bits per heavy atom. The first-order valence-corrected chi connectivity index (χ1v) is 4.18. The van der Waals surface area contributed by atoms with Crippen molar-refractivity contribution in [3.05, 3.63) is 0 Å². The Kier molecular flexibility index (Phi) is 5.88. The maximum atomic E-state index is 11.0. The zero-order valence-corrected chi connectivity index (χ0v) is 8.39. The topological polar surface area (TPSA) is 61.4 Å². The van der Waals surface area contributed by atoms with Crippen LogP contribution < -0.4 is 10.6 Å². The van der Waals surface area contributed by atoms with Gasteiger partial charge < -0.3 is 15.5 Å². The summed E-state index contributed by atoms with van der Waals surface area (Å²) in [4.78, 5) is 23.6. The summed E-state index contributed by atoms with van der Waals surface area (Å²) >= 11 is 0. The molecule has 76 valence electrons. The van der Waals surface area contributed by atoms with Crippen LogP contribution in [0.25, 0.3) is 0 Å². The molecule has 0 spiro atoms. The van der Waals surface area contributed by atoms with Crippen LogP contribution in [-0.2, 0) is 9.59 Å². The molecular formula is C8H17N3O2.